The van der Waals surface area contributed by atoms with Crippen LogP contribution in [0.3, 0.4) is 0 Å². The van der Waals surface area contributed by atoms with Crippen molar-refractivity contribution in [2.75, 3.05) is 4.72 Å². The van der Waals surface area contributed by atoms with E-state index in [1.165, 1.54) is 10.9 Å². The van der Waals surface area contributed by atoms with Crippen LogP contribution in [0, 0.1) is 6.92 Å². The lowest BCUT2D eigenvalue weighted by Crippen LogP contribution is -2.14. The Kier molecular flexibility index (Phi) is 4.46. The van der Waals surface area contributed by atoms with Crippen LogP contribution >= 0.6 is 15.9 Å². The van der Waals surface area contributed by atoms with Crippen molar-refractivity contribution >= 4 is 31.8 Å². The van der Waals surface area contributed by atoms with Gasteiger partial charge in [0.25, 0.3) is 10.0 Å². The third-order valence-electron chi connectivity index (χ3n) is 3.40. The number of sulfonamides is 1. The van der Waals surface area contributed by atoms with Crippen molar-refractivity contribution in [1.29, 1.82) is 0 Å². The second-order valence-electron chi connectivity index (χ2n) is 5.38. The van der Waals surface area contributed by atoms with Crippen molar-refractivity contribution in [3.8, 4) is 0 Å². The zero-order valence-corrected chi connectivity index (χ0v) is 15.5. The summed E-state index contributed by atoms with van der Waals surface area (Å²) in [6.45, 7) is 2.21. The van der Waals surface area contributed by atoms with Crippen LogP contribution in [0.25, 0.3) is 0 Å². The molecule has 0 saturated carbocycles. The fourth-order valence-corrected chi connectivity index (χ4v) is 3.79. The molecule has 0 radical (unpaired) electrons. The van der Waals surface area contributed by atoms with Crippen LogP contribution in [-0.4, -0.2) is 28.0 Å². The molecule has 1 N–H and O–H groups in total. The predicted octanol–water partition coefficient (Wildman–Crippen LogP) is 2.54. The standard InChI is InChI=1S/C15H16BrN5O2S/c1-11-14(10-20(2)17-11)24(22,23)19-15-7-8-21(18-15)9-12-3-5-13(16)6-4-12/h3-8,10H,9H2,1-2H3,(H,18,19). The molecule has 0 aliphatic rings. The second kappa shape index (κ2) is 6.40. The molecule has 2 aromatic heterocycles. The quantitative estimate of drug-likeness (QED) is 0.701. The number of hydrogen-bond donors (Lipinski definition) is 1. The molecule has 3 rings (SSSR count). The number of hydrogen-bond acceptors (Lipinski definition) is 4. The number of aryl methyl sites for hydroxylation is 2. The van der Waals surface area contributed by atoms with E-state index in [2.05, 4.69) is 30.8 Å². The van der Waals surface area contributed by atoms with Crippen LogP contribution in [0.2, 0.25) is 0 Å². The van der Waals surface area contributed by atoms with Gasteiger partial charge < -0.3 is 0 Å². The third kappa shape index (κ3) is 3.68. The Bertz CT molecular complexity index is 960. The van der Waals surface area contributed by atoms with Crippen LogP contribution in [0.5, 0.6) is 0 Å². The van der Waals surface area contributed by atoms with Gasteiger partial charge in [0.2, 0.25) is 0 Å². The molecule has 7 nitrogen and oxygen atoms in total. The number of halogens is 1. The zero-order chi connectivity index (χ0) is 17.3. The van der Waals surface area contributed by atoms with Gasteiger partial charge >= 0.3 is 0 Å². The molecule has 0 spiro atoms. The highest BCUT2D eigenvalue weighted by Crippen LogP contribution is 2.17. The van der Waals surface area contributed by atoms with E-state index in [4.69, 9.17) is 0 Å². The van der Waals surface area contributed by atoms with Crippen LogP contribution < -0.4 is 4.72 Å². The molecule has 0 bridgehead atoms. The van der Waals surface area contributed by atoms with Gasteiger partial charge in [-0.25, -0.2) is 8.42 Å². The molecule has 3 aromatic rings. The number of rotatable bonds is 5. The summed E-state index contributed by atoms with van der Waals surface area (Å²) in [6, 6.07) is 9.49. The molecule has 2 heterocycles. The maximum absolute atomic E-state index is 12.4. The highest BCUT2D eigenvalue weighted by molar-refractivity contribution is 9.10. The monoisotopic (exact) mass is 409 g/mol. The minimum absolute atomic E-state index is 0.146. The lowest BCUT2D eigenvalue weighted by atomic mass is 10.2. The summed E-state index contributed by atoms with van der Waals surface area (Å²) in [7, 11) is -2.02. The first-order valence-electron chi connectivity index (χ1n) is 7.14. The molecular formula is C15H16BrN5O2S. The lowest BCUT2D eigenvalue weighted by molar-refractivity contribution is 0.600. The molecular weight excluding hydrogens is 394 g/mol. The number of nitrogens with one attached hydrogen (secondary N) is 1. The van der Waals surface area contributed by atoms with Gasteiger partial charge in [0.05, 0.1) is 12.2 Å². The van der Waals surface area contributed by atoms with Gasteiger partial charge in [-0.05, 0) is 24.6 Å². The highest BCUT2D eigenvalue weighted by Gasteiger charge is 2.20. The minimum Gasteiger partial charge on any atom is -0.274 e. The average Bonchev–Trinajstić information content (AvgIpc) is 3.07. The Morgan fingerprint density at radius 3 is 2.50 bits per heavy atom. The van der Waals surface area contributed by atoms with Crippen molar-refractivity contribution in [3.63, 3.8) is 0 Å². The molecule has 0 aliphatic carbocycles. The van der Waals surface area contributed by atoms with Crippen LogP contribution in [0.15, 0.2) is 52.1 Å². The van der Waals surface area contributed by atoms with E-state index >= 15 is 0 Å². The van der Waals surface area contributed by atoms with Gasteiger partial charge in [-0.1, -0.05) is 28.1 Å². The Morgan fingerprint density at radius 1 is 1.17 bits per heavy atom. The molecule has 126 valence electrons. The van der Waals surface area contributed by atoms with Gasteiger partial charge in [-0.15, -0.1) is 0 Å². The molecule has 1 aromatic carbocycles. The van der Waals surface area contributed by atoms with Crippen molar-refractivity contribution < 1.29 is 8.42 Å². The first-order valence-corrected chi connectivity index (χ1v) is 9.42. The molecule has 0 saturated heterocycles. The molecule has 0 amide bonds. The van der Waals surface area contributed by atoms with E-state index in [0.717, 1.165) is 10.0 Å². The maximum atomic E-state index is 12.4. The van der Waals surface area contributed by atoms with Crippen LogP contribution in [0.1, 0.15) is 11.3 Å². The molecule has 0 fully saturated rings. The lowest BCUT2D eigenvalue weighted by Gasteiger charge is -2.04. The normalized spacial score (nSPS) is 11.6. The second-order valence-corrected chi connectivity index (χ2v) is 7.95. The number of anilines is 1. The molecule has 24 heavy (non-hydrogen) atoms. The first kappa shape index (κ1) is 16.7. The van der Waals surface area contributed by atoms with Gasteiger partial charge in [-0.3, -0.25) is 14.1 Å². The highest BCUT2D eigenvalue weighted by atomic mass is 79.9. The van der Waals surface area contributed by atoms with E-state index in [1.807, 2.05) is 24.3 Å². The maximum Gasteiger partial charge on any atom is 0.266 e. The number of benzene rings is 1. The van der Waals surface area contributed by atoms with E-state index in [0.29, 0.717) is 12.2 Å². The summed E-state index contributed by atoms with van der Waals surface area (Å²) in [5.74, 6) is 0.273. The van der Waals surface area contributed by atoms with Gasteiger partial charge in [0.1, 0.15) is 4.90 Å². The Labute approximate surface area is 148 Å². The van der Waals surface area contributed by atoms with Gasteiger partial charge in [0.15, 0.2) is 5.82 Å². The minimum atomic E-state index is -3.70. The topological polar surface area (TPSA) is 81.8 Å². The van der Waals surface area contributed by atoms with E-state index < -0.39 is 10.0 Å². The Morgan fingerprint density at radius 2 is 1.88 bits per heavy atom. The fraction of sp³-hybridized carbons (Fsp3) is 0.200. The average molecular weight is 410 g/mol. The molecule has 0 unspecified atom stereocenters. The molecule has 9 heteroatoms. The smallest absolute Gasteiger partial charge is 0.266 e. The summed E-state index contributed by atoms with van der Waals surface area (Å²) in [6.07, 6.45) is 3.20. The summed E-state index contributed by atoms with van der Waals surface area (Å²) in [5, 5.41) is 8.32. The van der Waals surface area contributed by atoms with Gasteiger partial charge in [0, 0.05) is 30.0 Å². The predicted molar refractivity (Wildman–Crippen MR) is 94.2 cm³/mol. The van der Waals surface area contributed by atoms with Crippen LogP contribution in [-0.2, 0) is 23.6 Å². The first-order chi connectivity index (χ1) is 11.3. The Hall–Kier alpha value is -2.13. The fourth-order valence-electron chi connectivity index (χ4n) is 2.32. The van der Waals surface area contributed by atoms with E-state index in [-0.39, 0.29) is 10.7 Å². The summed E-state index contributed by atoms with van der Waals surface area (Å²) >= 11 is 3.39. The molecule has 0 atom stereocenters. The van der Waals surface area contributed by atoms with E-state index in [1.54, 1.807) is 30.9 Å². The third-order valence-corrected chi connectivity index (χ3v) is 5.38. The SMILES string of the molecule is Cc1nn(C)cc1S(=O)(=O)Nc1ccn(Cc2ccc(Br)cc2)n1. The van der Waals surface area contributed by atoms with Crippen LogP contribution in [0.4, 0.5) is 5.82 Å². The Balaban J connectivity index is 1.76. The summed E-state index contributed by atoms with van der Waals surface area (Å²) in [5.41, 5.74) is 1.51. The summed E-state index contributed by atoms with van der Waals surface area (Å²) in [4.78, 5) is 0.146. The largest absolute Gasteiger partial charge is 0.274 e. The zero-order valence-electron chi connectivity index (χ0n) is 13.1. The van der Waals surface area contributed by atoms with Gasteiger partial charge in [-0.2, -0.15) is 10.2 Å². The summed E-state index contributed by atoms with van der Waals surface area (Å²) < 4.78 is 31.5. The number of nitrogens with zero attached hydrogens (tertiary/aromatic N) is 4. The van der Waals surface area contributed by atoms with E-state index in [9.17, 15) is 8.42 Å². The molecule has 0 aliphatic heterocycles. The van der Waals surface area contributed by atoms with Crippen molar-refractivity contribution in [2.45, 2.75) is 18.4 Å². The van der Waals surface area contributed by atoms with Crippen molar-refractivity contribution in [3.05, 3.63) is 58.5 Å². The van der Waals surface area contributed by atoms with Crippen molar-refractivity contribution in [1.82, 2.24) is 19.6 Å². The van der Waals surface area contributed by atoms with Crippen molar-refractivity contribution in [2.24, 2.45) is 7.05 Å². The number of aromatic nitrogens is 4.